The van der Waals surface area contributed by atoms with Gasteiger partial charge in [0.25, 0.3) is 0 Å². The predicted molar refractivity (Wildman–Crippen MR) is 75.8 cm³/mol. The Hall–Kier alpha value is -1.73. The van der Waals surface area contributed by atoms with Gasteiger partial charge in [-0.3, -0.25) is 4.79 Å². The molecule has 114 valence electrons. The van der Waals surface area contributed by atoms with Gasteiger partial charge in [0.2, 0.25) is 11.9 Å². The summed E-state index contributed by atoms with van der Waals surface area (Å²) in [4.78, 5) is 22.0. The van der Waals surface area contributed by atoms with Crippen LogP contribution in [0, 0.1) is 0 Å². The highest BCUT2D eigenvalue weighted by Crippen LogP contribution is 2.35. The average Bonchev–Trinajstić information content (AvgIpc) is 3.08. The molecule has 0 saturated carbocycles. The van der Waals surface area contributed by atoms with Crippen LogP contribution in [0.25, 0.3) is 0 Å². The normalized spacial score (nSPS) is 28.2. The lowest BCUT2D eigenvalue weighted by Crippen LogP contribution is -2.37. The molecule has 0 unspecified atom stereocenters. The first-order valence-electron chi connectivity index (χ1n) is 7.15. The molecule has 2 aliphatic rings. The zero-order valence-corrected chi connectivity index (χ0v) is 12.1. The average molecular weight is 292 g/mol. The highest BCUT2D eigenvalue weighted by molar-refractivity contribution is 5.77. The van der Waals surface area contributed by atoms with Crippen LogP contribution in [-0.4, -0.2) is 65.8 Å². The van der Waals surface area contributed by atoms with Crippen LogP contribution >= 0.6 is 0 Å². The number of nitrogens with zero attached hydrogens (tertiary/aromatic N) is 3. The third-order valence-electron chi connectivity index (χ3n) is 4.04. The molecule has 2 fully saturated rings. The van der Waals surface area contributed by atoms with Crippen LogP contribution in [0.2, 0.25) is 0 Å². The van der Waals surface area contributed by atoms with Gasteiger partial charge in [0.1, 0.15) is 6.61 Å². The smallest absolute Gasteiger partial charge is 0.248 e. The van der Waals surface area contributed by atoms with Crippen LogP contribution in [0.1, 0.15) is 12.8 Å². The number of amides is 1. The molecule has 0 radical (unpaired) electrons. The maximum absolute atomic E-state index is 11.9. The van der Waals surface area contributed by atoms with Crippen molar-refractivity contribution in [3.8, 4) is 0 Å². The maximum atomic E-state index is 11.9. The Labute approximate surface area is 123 Å². The summed E-state index contributed by atoms with van der Waals surface area (Å²) in [6.45, 7) is 2.12. The molecule has 1 spiro atoms. The van der Waals surface area contributed by atoms with E-state index in [0.29, 0.717) is 19.1 Å². The van der Waals surface area contributed by atoms with E-state index in [1.807, 2.05) is 4.90 Å². The minimum atomic E-state index is -0.226. The minimum Gasteiger partial charge on any atom is -0.375 e. The van der Waals surface area contributed by atoms with Gasteiger partial charge in [0, 0.05) is 39.0 Å². The molecule has 3 rings (SSSR count). The molecule has 2 saturated heterocycles. The highest BCUT2D eigenvalue weighted by atomic mass is 16.5. The third kappa shape index (κ3) is 3.14. The number of nitrogens with one attached hydrogen (secondary N) is 1. The molecule has 1 N–H and O–H groups in total. The zero-order valence-electron chi connectivity index (χ0n) is 12.1. The van der Waals surface area contributed by atoms with E-state index in [-0.39, 0.29) is 24.2 Å². The predicted octanol–water partition coefficient (Wildman–Crippen LogP) is 0.295. The Morgan fingerprint density at radius 3 is 3.14 bits per heavy atom. The summed E-state index contributed by atoms with van der Waals surface area (Å²) < 4.78 is 10.9. The first-order valence-corrected chi connectivity index (χ1v) is 7.15. The van der Waals surface area contributed by atoms with Gasteiger partial charge in [0.15, 0.2) is 0 Å². The summed E-state index contributed by atoms with van der Waals surface area (Å²) in [7, 11) is 1.54. The summed E-state index contributed by atoms with van der Waals surface area (Å²) in [5, 5.41) is 3.29. The molecule has 2 aliphatic heterocycles. The number of hydrogen-bond donors (Lipinski definition) is 1. The van der Waals surface area contributed by atoms with Gasteiger partial charge in [0.05, 0.1) is 18.2 Å². The van der Waals surface area contributed by atoms with Crippen molar-refractivity contribution in [3.63, 3.8) is 0 Å². The topological polar surface area (TPSA) is 76.6 Å². The number of rotatable bonds is 4. The van der Waals surface area contributed by atoms with Crippen molar-refractivity contribution in [1.82, 2.24) is 14.9 Å². The fraction of sp³-hybridized carbons (Fsp3) is 0.643. The van der Waals surface area contributed by atoms with Crippen LogP contribution < -0.4 is 5.32 Å². The summed E-state index contributed by atoms with van der Waals surface area (Å²) >= 11 is 0. The molecule has 1 aromatic rings. The number of likely N-dealkylation sites (tertiary alicyclic amines) is 1. The van der Waals surface area contributed by atoms with Crippen molar-refractivity contribution in [2.45, 2.75) is 24.5 Å². The van der Waals surface area contributed by atoms with Gasteiger partial charge in [-0.05, 0) is 12.5 Å². The summed E-state index contributed by atoms with van der Waals surface area (Å²) in [6, 6.07) is 1.97. The molecular formula is C14H20N4O3. The van der Waals surface area contributed by atoms with Crippen LogP contribution in [0.3, 0.4) is 0 Å². The van der Waals surface area contributed by atoms with Crippen molar-refractivity contribution < 1.29 is 14.3 Å². The molecule has 3 heterocycles. The fourth-order valence-electron chi connectivity index (χ4n) is 3.05. The Morgan fingerprint density at radius 2 is 2.38 bits per heavy atom. The van der Waals surface area contributed by atoms with Gasteiger partial charge in [-0.25, -0.2) is 9.97 Å². The van der Waals surface area contributed by atoms with E-state index >= 15 is 0 Å². The Kier molecular flexibility index (Phi) is 4.03. The zero-order chi connectivity index (χ0) is 14.7. The molecule has 0 bridgehead atoms. The lowest BCUT2D eigenvalue weighted by atomic mass is 9.97. The van der Waals surface area contributed by atoms with E-state index < -0.39 is 0 Å². The van der Waals surface area contributed by atoms with Crippen molar-refractivity contribution in [2.24, 2.45) is 0 Å². The first-order chi connectivity index (χ1) is 10.2. The Bertz CT molecular complexity index is 498. The number of anilines is 1. The lowest BCUT2D eigenvalue weighted by Gasteiger charge is -2.23. The van der Waals surface area contributed by atoms with E-state index in [0.717, 1.165) is 19.4 Å². The molecule has 2 atom stereocenters. The quantitative estimate of drug-likeness (QED) is 0.860. The van der Waals surface area contributed by atoms with Crippen LogP contribution in [0.5, 0.6) is 0 Å². The van der Waals surface area contributed by atoms with Gasteiger partial charge >= 0.3 is 0 Å². The van der Waals surface area contributed by atoms with Crippen LogP contribution in [0.4, 0.5) is 5.95 Å². The number of carbonyl (C=O) groups is 1. The minimum absolute atomic E-state index is 0.0285. The largest absolute Gasteiger partial charge is 0.375 e. The molecule has 21 heavy (non-hydrogen) atoms. The maximum Gasteiger partial charge on any atom is 0.248 e. The van der Waals surface area contributed by atoms with E-state index in [9.17, 15) is 4.79 Å². The summed E-state index contributed by atoms with van der Waals surface area (Å²) in [6.07, 6.45) is 5.15. The van der Waals surface area contributed by atoms with Gasteiger partial charge in [-0.2, -0.15) is 0 Å². The van der Waals surface area contributed by atoms with Crippen molar-refractivity contribution >= 4 is 11.9 Å². The molecule has 1 amide bonds. The first kappa shape index (κ1) is 14.2. The van der Waals surface area contributed by atoms with E-state index in [1.54, 1.807) is 18.5 Å². The van der Waals surface area contributed by atoms with Crippen molar-refractivity contribution in [1.29, 1.82) is 0 Å². The molecule has 7 nitrogen and oxygen atoms in total. The van der Waals surface area contributed by atoms with Crippen molar-refractivity contribution in [2.75, 3.05) is 38.7 Å². The lowest BCUT2D eigenvalue weighted by molar-refractivity contribution is -0.135. The molecule has 1 aromatic heterocycles. The Balaban J connectivity index is 1.56. The third-order valence-corrected chi connectivity index (χ3v) is 4.04. The van der Waals surface area contributed by atoms with Crippen LogP contribution in [-0.2, 0) is 14.3 Å². The van der Waals surface area contributed by atoms with E-state index in [4.69, 9.17) is 9.47 Å². The Morgan fingerprint density at radius 1 is 1.57 bits per heavy atom. The second-order valence-electron chi connectivity index (χ2n) is 5.61. The van der Waals surface area contributed by atoms with Gasteiger partial charge < -0.3 is 19.7 Å². The fourth-order valence-corrected chi connectivity index (χ4v) is 3.05. The summed E-state index contributed by atoms with van der Waals surface area (Å²) in [5.41, 5.74) is -0.226. The second kappa shape index (κ2) is 5.95. The molecule has 7 heteroatoms. The number of methoxy groups -OCH3 is 1. The highest BCUT2D eigenvalue weighted by Gasteiger charge is 2.46. The SMILES string of the molecule is COCC(=O)N1CC[C@@]2(C[C@H](Nc3ncccn3)CO2)C1. The van der Waals surface area contributed by atoms with Gasteiger partial charge in [-0.1, -0.05) is 0 Å². The number of ether oxygens (including phenoxy) is 2. The molecule has 0 aliphatic carbocycles. The van der Waals surface area contributed by atoms with E-state index in [2.05, 4.69) is 15.3 Å². The second-order valence-corrected chi connectivity index (χ2v) is 5.61. The number of aromatic nitrogens is 2. The van der Waals surface area contributed by atoms with Crippen LogP contribution in [0.15, 0.2) is 18.5 Å². The number of carbonyl (C=O) groups excluding carboxylic acids is 1. The monoisotopic (exact) mass is 292 g/mol. The number of hydrogen-bond acceptors (Lipinski definition) is 6. The molecule has 0 aromatic carbocycles. The van der Waals surface area contributed by atoms with Crippen molar-refractivity contribution in [3.05, 3.63) is 18.5 Å². The standard InChI is InChI=1S/C14H20N4O3/c1-20-9-12(19)18-6-3-14(10-18)7-11(8-21-14)17-13-15-4-2-5-16-13/h2,4-5,11H,3,6-10H2,1H3,(H,15,16,17)/t11-,14+/m0/s1. The molecular weight excluding hydrogens is 272 g/mol. The summed E-state index contributed by atoms with van der Waals surface area (Å²) in [5.74, 6) is 0.647. The van der Waals surface area contributed by atoms with E-state index in [1.165, 1.54) is 7.11 Å². The van der Waals surface area contributed by atoms with Gasteiger partial charge in [-0.15, -0.1) is 0 Å².